The van der Waals surface area contributed by atoms with Crippen LogP contribution in [0.1, 0.15) is 8.22 Å². The Labute approximate surface area is 123 Å². The minimum Gasteiger partial charge on any atom is -0.493 e. The van der Waals surface area contributed by atoms with Crippen molar-refractivity contribution in [3.63, 3.8) is 0 Å². The Kier molecular flexibility index (Phi) is 1.78. The Morgan fingerprint density at radius 3 is 2.68 bits per heavy atom. The smallest absolute Gasteiger partial charge is 0.162 e. The van der Waals surface area contributed by atoms with Crippen molar-refractivity contribution in [1.82, 2.24) is 4.98 Å². The quantitative estimate of drug-likeness (QED) is 0.725. The molecule has 2 heterocycles. The molecule has 0 aliphatic heterocycles. The lowest BCUT2D eigenvalue weighted by molar-refractivity contribution is 0.356. The molecule has 3 aromatic rings. The maximum Gasteiger partial charge on any atom is 0.162 e. The molecule has 19 heavy (non-hydrogen) atoms. The Morgan fingerprint density at radius 2 is 1.95 bits per heavy atom. The van der Waals surface area contributed by atoms with Crippen LogP contribution in [0, 0.1) is 0 Å². The second-order valence-corrected chi connectivity index (χ2v) is 4.71. The zero-order chi connectivity index (χ0) is 18.2. The van der Waals surface area contributed by atoms with Crippen LogP contribution >= 0.6 is 11.3 Å². The first-order valence-corrected chi connectivity index (χ1v) is 6.39. The Hall–Kier alpha value is -2.07. The normalized spacial score (nSPS) is 16.6. The number of hydrogen-bond acceptors (Lipinski definition) is 4. The molecule has 0 amide bonds. The molecule has 0 aliphatic carbocycles. The molecule has 0 bridgehead atoms. The molecule has 2 aromatic heterocycles. The van der Waals surface area contributed by atoms with Gasteiger partial charge in [0, 0.05) is 23.2 Å². The van der Waals surface area contributed by atoms with E-state index in [1.165, 1.54) is 12.1 Å². The van der Waals surface area contributed by atoms with Gasteiger partial charge >= 0.3 is 0 Å². The lowest BCUT2D eigenvalue weighted by Gasteiger charge is -2.09. The van der Waals surface area contributed by atoms with E-state index < -0.39 is 14.1 Å². The molecule has 0 aliphatic rings. The standard InChI is InChI=1S/C15H13NO2S/c1-17-14-6-11-5-12(10-3-4-19-9-10)8-16-13(11)7-15(14)18-2/h3-9H,1-2H3/i1D3,2D3. The molecule has 1 aromatic carbocycles. The molecule has 0 unspecified atom stereocenters. The Bertz CT molecular complexity index is 889. The summed E-state index contributed by atoms with van der Waals surface area (Å²) in [7, 11) is -5.48. The van der Waals surface area contributed by atoms with Gasteiger partial charge in [0.15, 0.2) is 11.5 Å². The Morgan fingerprint density at radius 1 is 1.11 bits per heavy atom. The molecule has 3 nitrogen and oxygen atoms in total. The van der Waals surface area contributed by atoms with Crippen LogP contribution < -0.4 is 9.47 Å². The third-order valence-corrected chi connectivity index (χ3v) is 3.50. The lowest BCUT2D eigenvalue weighted by Crippen LogP contribution is -1.91. The van der Waals surface area contributed by atoms with Gasteiger partial charge in [-0.15, -0.1) is 0 Å². The van der Waals surface area contributed by atoms with Gasteiger partial charge in [-0.2, -0.15) is 11.3 Å². The zero-order valence-electron chi connectivity index (χ0n) is 15.7. The summed E-state index contributed by atoms with van der Waals surface area (Å²) in [5.41, 5.74) is 2.31. The van der Waals surface area contributed by atoms with Gasteiger partial charge in [-0.1, -0.05) is 0 Å². The van der Waals surface area contributed by atoms with Gasteiger partial charge in [-0.05, 0) is 34.5 Å². The van der Waals surface area contributed by atoms with E-state index in [0.29, 0.717) is 10.9 Å². The van der Waals surface area contributed by atoms with Gasteiger partial charge in [0.2, 0.25) is 0 Å². The van der Waals surface area contributed by atoms with Crippen molar-refractivity contribution in [3.8, 4) is 22.6 Å². The first kappa shape index (κ1) is 6.91. The summed E-state index contributed by atoms with van der Waals surface area (Å²) in [6.45, 7) is 0. The fourth-order valence-electron chi connectivity index (χ4n) is 1.88. The first-order valence-electron chi connectivity index (χ1n) is 8.45. The molecule has 0 saturated carbocycles. The SMILES string of the molecule is [2H]C([2H])([2H])Oc1cc2cc(-c3ccsc3)cnc2cc1OC([2H])([2H])[2H]. The molecule has 0 radical (unpaired) electrons. The van der Waals surface area contributed by atoms with Crippen LogP contribution in [0.2, 0.25) is 0 Å². The number of methoxy groups -OCH3 is 2. The highest BCUT2D eigenvalue weighted by Crippen LogP contribution is 2.33. The maximum atomic E-state index is 7.26. The second kappa shape index (κ2) is 4.90. The number of pyridine rings is 1. The van der Waals surface area contributed by atoms with Crippen molar-refractivity contribution in [1.29, 1.82) is 0 Å². The number of aromatic nitrogens is 1. The molecule has 0 N–H and O–H groups in total. The van der Waals surface area contributed by atoms with E-state index in [4.69, 9.17) is 17.7 Å². The molecule has 0 atom stereocenters. The van der Waals surface area contributed by atoms with Crippen molar-refractivity contribution >= 4 is 22.2 Å². The predicted octanol–water partition coefficient (Wildman–Crippen LogP) is 3.98. The number of hydrogen-bond donors (Lipinski definition) is 0. The van der Waals surface area contributed by atoms with Crippen LogP contribution in [-0.2, 0) is 0 Å². The highest BCUT2D eigenvalue weighted by molar-refractivity contribution is 7.08. The first-order chi connectivity index (χ1) is 11.6. The molecule has 0 saturated heterocycles. The van der Waals surface area contributed by atoms with E-state index in [0.717, 1.165) is 11.1 Å². The van der Waals surface area contributed by atoms with E-state index in [2.05, 4.69) is 4.98 Å². The number of benzene rings is 1. The fraction of sp³-hybridized carbons (Fsp3) is 0.133. The van der Waals surface area contributed by atoms with Gasteiger partial charge < -0.3 is 9.47 Å². The number of thiophene rings is 1. The maximum absolute atomic E-state index is 7.26. The van der Waals surface area contributed by atoms with Gasteiger partial charge in [0.1, 0.15) is 0 Å². The molecule has 4 heteroatoms. The van der Waals surface area contributed by atoms with Crippen LogP contribution in [-0.4, -0.2) is 19.1 Å². The van der Waals surface area contributed by atoms with E-state index >= 15 is 0 Å². The van der Waals surface area contributed by atoms with E-state index in [-0.39, 0.29) is 11.5 Å². The van der Waals surface area contributed by atoms with Crippen molar-refractivity contribution in [2.75, 3.05) is 14.1 Å². The largest absolute Gasteiger partial charge is 0.493 e. The summed E-state index contributed by atoms with van der Waals surface area (Å²) in [6, 6.07) is 6.56. The zero-order valence-corrected chi connectivity index (χ0v) is 10.5. The van der Waals surface area contributed by atoms with Crippen LogP contribution in [0.25, 0.3) is 22.0 Å². The van der Waals surface area contributed by atoms with E-state index in [1.807, 2.05) is 22.9 Å². The van der Waals surface area contributed by atoms with Gasteiger partial charge in [0.25, 0.3) is 0 Å². The Balaban J connectivity index is 2.11. The van der Waals surface area contributed by atoms with Crippen LogP contribution in [0.4, 0.5) is 0 Å². The molecule has 0 spiro atoms. The minimum atomic E-state index is -2.74. The number of rotatable bonds is 3. The van der Waals surface area contributed by atoms with Crippen molar-refractivity contribution in [3.05, 3.63) is 41.2 Å². The third kappa shape index (κ3) is 2.15. The van der Waals surface area contributed by atoms with Crippen molar-refractivity contribution < 1.29 is 17.7 Å². The minimum absolute atomic E-state index is 0.173. The van der Waals surface area contributed by atoms with E-state index in [9.17, 15) is 0 Å². The lowest BCUT2D eigenvalue weighted by atomic mass is 10.1. The fourth-order valence-corrected chi connectivity index (χ4v) is 2.55. The van der Waals surface area contributed by atoms with Gasteiger partial charge in [0.05, 0.1) is 27.8 Å². The average molecular weight is 277 g/mol. The average Bonchev–Trinajstić information content (AvgIpc) is 2.98. The molecule has 3 rings (SSSR count). The highest BCUT2D eigenvalue weighted by atomic mass is 32.1. The summed E-state index contributed by atoms with van der Waals surface area (Å²) in [6.07, 6.45) is 1.66. The molecular weight excluding hydrogens is 258 g/mol. The van der Waals surface area contributed by atoms with Crippen LogP contribution in [0.5, 0.6) is 11.5 Å². The summed E-state index contributed by atoms with van der Waals surface area (Å²) >= 11 is 1.55. The number of fused-ring (bicyclic) bond motifs is 1. The third-order valence-electron chi connectivity index (χ3n) is 2.82. The molecule has 96 valence electrons. The topological polar surface area (TPSA) is 31.4 Å². The summed E-state index contributed by atoms with van der Waals surface area (Å²) in [5.74, 6) is -0.368. The van der Waals surface area contributed by atoms with Crippen LogP contribution in [0.3, 0.4) is 0 Å². The molecular formula is C15H13NO2S. The van der Waals surface area contributed by atoms with Gasteiger partial charge in [-0.3, -0.25) is 4.98 Å². The summed E-state index contributed by atoms with van der Waals surface area (Å²) < 4.78 is 53.3. The molecule has 0 fully saturated rings. The number of nitrogens with zero attached hydrogens (tertiary/aromatic N) is 1. The highest BCUT2D eigenvalue weighted by Gasteiger charge is 2.08. The van der Waals surface area contributed by atoms with Gasteiger partial charge in [-0.25, -0.2) is 0 Å². The second-order valence-electron chi connectivity index (χ2n) is 3.93. The summed E-state index contributed by atoms with van der Waals surface area (Å²) in [5, 5.41) is 4.52. The van der Waals surface area contributed by atoms with Crippen molar-refractivity contribution in [2.45, 2.75) is 0 Å². The van der Waals surface area contributed by atoms with E-state index in [1.54, 1.807) is 17.5 Å². The predicted molar refractivity (Wildman–Crippen MR) is 78.2 cm³/mol. The monoisotopic (exact) mass is 277 g/mol. The van der Waals surface area contributed by atoms with Crippen molar-refractivity contribution in [2.24, 2.45) is 0 Å². The number of ether oxygens (including phenoxy) is 2. The van der Waals surface area contributed by atoms with Crippen LogP contribution in [0.15, 0.2) is 41.2 Å². The summed E-state index contributed by atoms with van der Waals surface area (Å²) in [4.78, 5) is 4.31.